The summed E-state index contributed by atoms with van der Waals surface area (Å²) in [6, 6.07) is 15.5. The van der Waals surface area contributed by atoms with E-state index >= 15 is 0 Å². The first-order valence-electron chi connectivity index (χ1n) is 10.3. The first-order valence-corrected chi connectivity index (χ1v) is 12.2. The predicted octanol–water partition coefficient (Wildman–Crippen LogP) is 5.07. The number of carbonyl (C=O) groups excluding carboxylic acids is 3. The second-order valence-electron chi connectivity index (χ2n) is 7.77. The van der Waals surface area contributed by atoms with Crippen LogP contribution in [0.15, 0.2) is 59.6 Å². The number of ether oxygens (including phenoxy) is 1. The molecule has 2 aromatic carbocycles. The summed E-state index contributed by atoms with van der Waals surface area (Å²) in [4.78, 5) is 41.7. The molecule has 0 bridgehead atoms. The molecule has 2 atom stereocenters. The monoisotopic (exact) mass is 482 g/mol. The fourth-order valence-corrected chi connectivity index (χ4v) is 5.88. The normalized spacial score (nSPS) is 17.0. The van der Waals surface area contributed by atoms with Gasteiger partial charge in [0.2, 0.25) is 11.7 Å². The van der Waals surface area contributed by atoms with Gasteiger partial charge in [-0.15, -0.1) is 10.5 Å². The van der Waals surface area contributed by atoms with Crippen molar-refractivity contribution >= 4 is 51.3 Å². The van der Waals surface area contributed by atoms with E-state index in [1.807, 2.05) is 43.3 Å². The van der Waals surface area contributed by atoms with Crippen LogP contribution in [-0.4, -0.2) is 48.8 Å². The number of halogens is 1. The minimum Gasteiger partial charge on any atom is -0.462 e. The number of benzene rings is 2. The molecule has 170 valence electrons. The Morgan fingerprint density at radius 3 is 2.33 bits per heavy atom. The summed E-state index contributed by atoms with van der Waals surface area (Å²) in [5, 5.41) is 0.329. The molecule has 2 heterocycles. The van der Waals surface area contributed by atoms with Gasteiger partial charge in [-0.25, -0.2) is 4.79 Å². The van der Waals surface area contributed by atoms with Crippen molar-refractivity contribution in [2.75, 3.05) is 25.6 Å². The molecule has 0 radical (unpaired) electrons. The average Bonchev–Trinajstić information content (AvgIpc) is 3.31. The molecule has 3 aromatic rings. The molecule has 6 nitrogen and oxygen atoms in total. The van der Waals surface area contributed by atoms with Gasteiger partial charge in [0.1, 0.15) is 5.25 Å². The zero-order chi connectivity index (χ0) is 23.9. The van der Waals surface area contributed by atoms with E-state index in [2.05, 4.69) is 5.87 Å². The third-order valence-electron chi connectivity index (χ3n) is 5.48. The third kappa shape index (κ3) is 4.03. The van der Waals surface area contributed by atoms with Gasteiger partial charge in [-0.3, -0.25) is 14.2 Å². The summed E-state index contributed by atoms with van der Waals surface area (Å²) < 4.78 is 6.56. The lowest BCUT2D eigenvalue weighted by Gasteiger charge is -2.16. The van der Waals surface area contributed by atoms with Gasteiger partial charge in [0, 0.05) is 30.4 Å². The number of hydrogen-bond acceptors (Lipinski definition) is 5. The van der Waals surface area contributed by atoms with Crippen LogP contribution in [0.3, 0.4) is 0 Å². The molecule has 2 unspecified atom stereocenters. The Morgan fingerprint density at radius 1 is 1.12 bits per heavy atom. The summed E-state index contributed by atoms with van der Waals surface area (Å²) in [6.45, 7) is 1.89. The molecule has 4 rings (SSSR count). The quantitative estimate of drug-likeness (QED) is 0.279. The molecule has 33 heavy (non-hydrogen) atoms. The van der Waals surface area contributed by atoms with E-state index in [0.29, 0.717) is 15.6 Å². The molecular weight excluding hydrogens is 460 g/mol. The number of fused-ring (bicyclic) bond motifs is 1. The van der Waals surface area contributed by atoms with Gasteiger partial charge in [-0.2, -0.15) is 0 Å². The maximum atomic E-state index is 13.6. The highest BCUT2D eigenvalue weighted by Gasteiger charge is 2.41. The molecule has 0 aliphatic carbocycles. The van der Waals surface area contributed by atoms with Crippen LogP contribution >= 0.6 is 22.1 Å². The van der Waals surface area contributed by atoms with Gasteiger partial charge in [-0.05, 0) is 55.0 Å². The SMILES string of the molecule is C=S1c2c(C(=O)OCC)cc(C(=O)c3ccc(Cl)cc3)n2C(=O)C1c1ccc(N(C)C)cc1. The molecule has 8 heteroatoms. The maximum absolute atomic E-state index is 13.6. The van der Waals surface area contributed by atoms with Crippen molar-refractivity contribution in [1.82, 2.24) is 4.57 Å². The molecule has 1 aliphatic rings. The Labute approximate surface area is 199 Å². The molecule has 0 N–H and O–H groups in total. The molecule has 1 aromatic heterocycles. The molecular formula is C25H23ClN2O4S. The van der Waals surface area contributed by atoms with E-state index < -0.39 is 21.7 Å². The minimum absolute atomic E-state index is 0.119. The van der Waals surface area contributed by atoms with Crippen LogP contribution in [-0.2, 0) is 4.74 Å². The molecule has 0 fully saturated rings. The lowest BCUT2D eigenvalue weighted by Crippen LogP contribution is -2.18. The van der Waals surface area contributed by atoms with Crippen LogP contribution in [0.25, 0.3) is 0 Å². The maximum Gasteiger partial charge on any atom is 0.340 e. The third-order valence-corrected chi connectivity index (χ3v) is 7.67. The summed E-state index contributed by atoms with van der Waals surface area (Å²) in [5.74, 6) is 3.01. The molecule has 1 aliphatic heterocycles. The minimum atomic E-state index is -0.900. The van der Waals surface area contributed by atoms with E-state index in [4.69, 9.17) is 16.3 Å². The van der Waals surface area contributed by atoms with Crippen molar-refractivity contribution in [3.05, 3.63) is 82.0 Å². The Hall–Kier alpha value is -3.16. The van der Waals surface area contributed by atoms with E-state index in [9.17, 15) is 14.4 Å². The molecule has 0 amide bonds. The van der Waals surface area contributed by atoms with Crippen LogP contribution < -0.4 is 4.90 Å². The van der Waals surface area contributed by atoms with Crippen molar-refractivity contribution in [2.24, 2.45) is 0 Å². The molecule has 0 saturated heterocycles. The van der Waals surface area contributed by atoms with Gasteiger partial charge >= 0.3 is 5.97 Å². The largest absolute Gasteiger partial charge is 0.462 e. The van der Waals surface area contributed by atoms with Crippen molar-refractivity contribution in [3.8, 4) is 0 Å². The summed E-state index contributed by atoms with van der Waals surface area (Å²) in [5.41, 5.74) is 2.47. The summed E-state index contributed by atoms with van der Waals surface area (Å²) >= 11 is 5.95. The van der Waals surface area contributed by atoms with E-state index in [0.717, 1.165) is 11.3 Å². The standard InChI is InChI=1S/C25H23ClN2O4S/c1-5-32-25(31)19-14-20(21(29)15-6-10-17(26)11-7-15)28-23(30)22(33(4)24(19)28)16-8-12-18(13-9-16)27(2)3/h6-14,22H,4-5H2,1-3H3. The van der Waals surface area contributed by atoms with E-state index in [1.165, 1.54) is 10.6 Å². The summed E-state index contributed by atoms with van der Waals surface area (Å²) in [7, 11) is 2.98. The lowest BCUT2D eigenvalue weighted by atomic mass is 10.1. The van der Waals surface area contributed by atoms with Gasteiger partial charge < -0.3 is 9.64 Å². The number of ketones is 1. The molecule has 0 saturated carbocycles. The number of anilines is 1. The Morgan fingerprint density at radius 2 is 1.76 bits per heavy atom. The van der Waals surface area contributed by atoms with Crippen LogP contribution in [0, 0.1) is 0 Å². The summed E-state index contributed by atoms with van der Waals surface area (Å²) in [6.07, 6.45) is 0. The number of hydrogen-bond donors (Lipinski definition) is 0. The fourth-order valence-electron chi connectivity index (χ4n) is 3.85. The van der Waals surface area contributed by atoms with Gasteiger partial charge in [0.25, 0.3) is 0 Å². The van der Waals surface area contributed by atoms with Crippen LogP contribution in [0.1, 0.15) is 48.9 Å². The van der Waals surface area contributed by atoms with Gasteiger partial charge in [0.05, 0.1) is 22.9 Å². The van der Waals surface area contributed by atoms with Gasteiger partial charge in [-0.1, -0.05) is 29.6 Å². The second kappa shape index (κ2) is 9.00. The van der Waals surface area contributed by atoms with E-state index in [-0.39, 0.29) is 29.6 Å². The Bertz CT molecular complexity index is 1280. The van der Waals surface area contributed by atoms with Crippen molar-refractivity contribution in [3.63, 3.8) is 0 Å². The highest BCUT2D eigenvalue weighted by atomic mass is 35.5. The topological polar surface area (TPSA) is 68.6 Å². The van der Waals surface area contributed by atoms with Crippen LogP contribution in [0.2, 0.25) is 5.02 Å². The zero-order valence-electron chi connectivity index (χ0n) is 18.5. The lowest BCUT2D eigenvalue weighted by molar-refractivity contribution is 0.0522. The average molecular weight is 483 g/mol. The highest BCUT2D eigenvalue weighted by molar-refractivity contribution is 8.15. The Kier molecular flexibility index (Phi) is 6.28. The molecule has 0 spiro atoms. The van der Waals surface area contributed by atoms with Crippen molar-refractivity contribution in [2.45, 2.75) is 17.2 Å². The number of esters is 1. The number of aromatic nitrogens is 1. The zero-order valence-corrected chi connectivity index (χ0v) is 20.1. The van der Waals surface area contributed by atoms with Crippen molar-refractivity contribution in [1.29, 1.82) is 0 Å². The van der Waals surface area contributed by atoms with Gasteiger partial charge in [0.15, 0.2) is 0 Å². The van der Waals surface area contributed by atoms with E-state index in [1.54, 1.807) is 31.2 Å². The number of nitrogens with zero attached hydrogens (tertiary/aromatic N) is 2. The number of rotatable bonds is 6. The first kappa shape index (κ1) is 23.0. The second-order valence-corrected chi connectivity index (χ2v) is 9.93. The predicted molar refractivity (Wildman–Crippen MR) is 132 cm³/mol. The fraction of sp³-hybridized carbons (Fsp3) is 0.200. The smallest absolute Gasteiger partial charge is 0.340 e. The number of carbonyl (C=O) groups is 3. The first-order chi connectivity index (χ1) is 15.7. The highest BCUT2D eigenvalue weighted by Crippen LogP contribution is 2.50. The Balaban J connectivity index is 1.83. The van der Waals surface area contributed by atoms with Crippen LogP contribution in [0.5, 0.6) is 0 Å². The van der Waals surface area contributed by atoms with Crippen molar-refractivity contribution < 1.29 is 19.1 Å². The van der Waals surface area contributed by atoms with Crippen LogP contribution in [0.4, 0.5) is 5.69 Å².